The Morgan fingerprint density at radius 1 is 1.08 bits per heavy atom. The number of fused-ring (bicyclic) bond motifs is 1. The lowest BCUT2D eigenvalue weighted by atomic mass is 9.90. The van der Waals surface area contributed by atoms with Crippen LogP contribution in [0.2, 0.25) is 0 Å². The Labute approximate surface area is 141 Å². The monoisotopic (exact) mass is 336 g/mol. The summed E-state index contributed by atoms with van der Waals surface area (Å²) in [4.78, 5) is 0. The van der Waals surface area contributed by atoms with Gasteiger partial charge in [-0.25, -0.2) is 0 Å². The molecule has 1 aromatic carbocycles. The number of phenolic OH excluding ortho intramolecular Hbond substituents is 1. The van der Waals surface area contributed by atoms with Crippen molar-refractivity contribution in [3.63, 3.8) is 0 Å². The van der Waals surface area contributed by atoms with E-state index in [-0.39, 0.29) is 5.75 Å². The maximum absolute atomic E-state index is 10.5. The molecule has 2 heterocycles. The van der Waals surface area contributed by atoms with E-state index in [1.54, 1.807) is 12.1 Å². The fourth-order valence-corrected chi connectivity index (χ4v) is 3.10. The van der Waals surface area contributed by atoms with E-state index in [4.69, 9.17) is 14.2 Å². The first-order chi connectivity index (χ1) is 11.6. The summed E-state index contributed by atoms with van der Waals surface area (Å²) in [5.41, 5.74) is 0.686. The summed E-state index contributed by atoms with van der Waals surface area (Å²) in [5.74, 6) is 0.134. The summed E-state index contributed by atoms with van der Waals surface area (Å²) in [5, 5.41) is 30.3. The molecule has 3 N–H and O–H groups in total. The van der Waals surface area contributed by atoms with Crippen molar-refractivity contribution in [2.24, 2.45) is 0 Å². The van der Waals surface area contributed by atoms with Gasteiger partial charge in [-0.2, -0.15) is 0 Å². The van der Waals surface area contributed by atoms with Gasteiger partial charge in [-0.05, 0) is 24.1 Å². The van der Waals surface area contributed by atoms with Crippen molar-refractivity contribution in [2.45, 2.75) is 56.6 Å². The highest BCUT2D eigenvalue weighted by atomic mass is 16.7. The van der Waals surface area contributed by atoms with Crippen molar-refractivity contribution in [3.8, 4) is 5.75 Å². The molecule has 3 rings (SSSR count). The van der Waals surface area contributed by atoms with E-state index in [0.29, 0.717) is 18.6 Å². The van der Waals surface area contributed by atoms with Crippen LogP contribution in [0.5, 0.6) is 5.75 Å². The fraction of sp³-hybridized carbons (Fsp3) is 0.556. The predicted molar refractivity (Wildman–Crippen MR) is 86.4 cm³/mol. The van der Waals surface area contributed by atoms with Gasteiger partial charge in [0.1, 0.15) is 36.3 Å². The fourth-order valence-electron chi connectivity index (χ4n) is 3.10. The molecule has 2 aliphatic rings. The molecular weight excluding hydrogens is 312 g/mol. The highest BCUT2D eigenvalue weighted by Crippen LogP contribution is 2.36. The summed E-state index contributed by atoms with van der Waals surface area (Å²) >= 11 is 0. The third-order valence-corrected chi connectivity index (χ3v) is 4.39. The Morgan fingerprint density at radius 3 is 2.54 bits per heavy atom. The largest absolute Gasteiger partial charge is 0.508 e. The minimum Gasteiger partial charge on any atom is -0.508 e. The van der Waals surface area contributed by atoms with Crippen LogP contribution in [0.3, 0.4) is 0 Å². The Balaban J connectivity index is 1.68. The molecule has 0 bridgehead atoms. The van der Waals surface area contributed by atoms with Gasteiger partial charge < -0.3 is 29.5 Å². The molecular formula is C18H24O6. The summed E-state index contributed by atoms with van der Waals surface area (Å²) in [6.07, 6.45) is 1.17. The first-order valence-corrected chi connectivity index (χ1v) is 8.32. The molecule has 0 saturated carbocycles. The Bertz CT molecular complexity index is 555. The van der Waals surface area contributed by atoms with Gasteiger partial charge in [-0.3, -0.25) is 0 Å². The minimum absolute atomic E-state index is 0.134. The van der Waals surface area contributed by atoms with Crippen molar-refractivity contribution in [3.05, 3.63) is 42.0 Å². The van der Waals surface area contributed by atoms with E-state index in [9.17, 15) is 15.3 Å². The van der Waals surface area contributed by atoms with Gasteiger partial charge in [-0.1, -0.05) is 31.2 Å². The maximum atomic E-state index is 10.5. The molecule has 0 spiro atoms. The second kappa shape index (κ2) is 7.63. The molecule has 6 atom stereocenters. The van der Waals surface area contributed by atoms with Gasteiger partial charge in [0.05, 0.1) is 6.61 Å². The van der Waals surface area contributed by atoms with Crippen LogP contribution >= 0.6 is 0 Å². The van der Waals surface area contributed by atoms with Crippen LogP contribution in [-0.2, 0) is 14.2 Å². The molecule has 0 radical (unpaired) electrons. The van der Waals surface area contributed by atoms with E-state index in [1.807, 2.05) is 19.1 Å². The van der Waals surface area contributed by atoms with E-state index < -0.39 is 36.8 Å². The normalized spacial score (nSPS) is 36.6. The smallest absolute Gasteiger partial charge is 0.161 e. The summed E-state index contributed by atoms with van der Waals surface area (Å²) in [6.45, 7) is 2.35. The van der Waals surface area contributed by atoms with Crippen molar-refractivity contribution in [2.75, 3.05) is 6.61 Å². The van der Waals surface area contributed by atoms with Gasteiger partial charge >= 0.3 is 0 Å². The highest BCUT2D eigenvalue weighted by Gasteiger charge is 2.48. The Kier molecular flexibility index (Phi) is 5.53. The topological polar surface area (TPSA) is 88.4 Å². The SMILES string of the molecule is CC/C=C\CC1OCC2OC(c3ccc(O)cc3)C(O)C(O)C2O1. The van der Waals surface area contributed by atoms with Gasteiger partial charge in [0.15, 0.2) is 6.29 Å². The molecule has 0 aliphatic carbocycles. The van der Waals surface area contributed by atoms with Crippen molar-refractivity contribution in [1.82, 2.24) is 0 Å². The Morgan fingerprint density at radius 2 is 1.83 bits per heavy atom. The number of phenols is 1. The van der Waals surface area contributed by atoms with Crippen LogP contribution < -0.4 is 0 Å². The number of rotatable bonds is 4. The zero-order valence-corrected chi connectivity index (χ0v) is 13.6. The molecule has 2 fully saturated rings. The summed E-state index contributed by atoms with van der Waals surface area (Å²) < 4.78 is 17.3. The summed E-state index contributed by atoms with van der Waals surface area (Å²) in [6, 6.07) is 6.38. The van der Waals surface area contributed by atoms with Crippen LogP contribution in [0.1, 0.15) is 31.4 Å². The number of hydrogen-bond acceptors (Lipinski definition) is 6. The Hall–Kier alpha value is -1.44. The molecule has 132 valence electrons. The molecule has 0 amide bonds. The second-order valence-electron chi connectivity index (χ2n) is 6.15. The number of hydrogen-bond donors (Lipinski definition) is 3. The standard InChI is InChI=1S/C18H24O6/c1-2-3-4-5-14-22-10-13-18(24-14)16(21)15(20)17(23-13)11-6-8-12(19)9-7-11/h3-4,6-9,13-21H,2,5,10H2,1H3/b4-3-. The average molecular weight is 336 g/mol. The first-order valence-electron chi connectivity index (χ1n) is 8.32. The lowest BCUT2D eigenvalue weighted by Crippen LogP contribution is -2.60. The lowest BCUT2D eigenvalue weighted by Gasteiger charge is -2.46. The number of aliphatic hydroxyl groups is 2. The molecule has 6 nitrogen and oxygen atoms in total. The quantitative estimate of drug-likeness (QED) is 0.725. The van der Waals surface area contributed by atoms with Crippen LogP contribution in [0.4, 0.5) is 0 Å². The summed E-state index contributed by atoms with van der Waals surface area (Å²) in [7, 11) is 0. The van der Waals surface area contributed by atoms with E-state index in [1.165, 1.54) is 12.1 Å². The van der Waals surface area contributed by atoms with Gasteiger partial charge in [0.2, 0.25) is 0 Å². The number of ether oxygens (including phenoxy) is 3. The lowest BCUT2D eigenvalue weighted by molar-refractivity contribution is -0.325. The van der Waals surface area contributed by atoms with Gasteiger partial charge in [-0.15, -0.1) is 0 Å². The molecule has 2 saturated heterocycles. The maximum Gasteiger partial charge on any atom is 0.161 e. The number of aliphatic hydroxyl groups excluding tert-OH is 2. The van der Waals surface area contributed by atoms with Crippen molar-refractivity contribution >= 4 is 0 Å². The molecule has 6 heteroatoms. The number of benzene rings is 1. The van der Waals surface area contributed by atoms with Crippen LogP contribution in [0.25, 0.3) is 0 Å². The van der Waals surface area contributed by atoms with E-state index in [0.717, 1.165) is 6.42 Å². The minimum atomic E-state index is -1.11. The van der Waals surface area contributed by atoms with Crippen molar-refractivity contribution in [1.29, 1.82) is 0 Å². The van der Waals surface area contributed by atoms with Crippen LogP contribution in [-0.4, -0.2) is 52.6 Å². The average Bonchev–Trinajstić information content (AvgIpc) is 2.59. The number of aromatic hydroxyl groups is 1. The third-order valence-electron chi connectivity index (χ3n) is 4.39. The first kappa shape index (κ1) is 17.4. The third kappa shape index (κ3) is 3.63. The van der Waals surface area contributed by atoms with E-state index >= 15 is 0 Å². The van der Waals surface area contributed by atoms with Crippen molar-refractivity contribution < 1.29 is 29.5 Å². The van der Waals surface area contributed by atoms with Gasteiger partial charge in [0.25, 0.3) is 0 Å². The van der Waals surface area contributed by atoms with Gasteiger partial charge in [0, 0.05) is 6.42 Å². The van der Waals surface area contributed by atoms with Crippen LogP contribution in [0, 0.1) is 0 Å². The molecule has 1 aromatic rings. The zero-order chi connectivity index (χ0) is 17.1. The number of allylic oxidation sites excluding steroid dienone is 1. The van der Waals surface area contributed by atoms with Crippen LogP contribution in [0.15, 0.2) is 36.4 Å². The zero-order valence-electron chi connectivity index (χ0n) is 13.6. The molecule has 2 aliphatic heterocycles. The molecule has 6 unspecified atom stereocenters. The predicted octanol–water partition coefficient (Wildman–Crippen LogP) is 1.65. The second-order valence-corrected chi connectivity index (χ2v) is 6.15. The van der Waals surface area contributed by atoms with E-state index in [2.05, 4.69) is 0 Å². The molecule has 24 heavy (non-hydrogen) atoms. The highest BCUT2D eigenvalue weighted by molar-refractivity contribution is 5.28. The molecule has 0 aromatic heterocycles.